The molecule has 0 saturated carbocycles. The highest BCUT2D eigenvalue weighted by Crippen LogP contribution is 2.30. The van der Waals surface area contributed by atoms with E-state index in [4.69, 9.17) is 9.97 Å². The van der Waals surface area contributed by atoms with E-state index in [9.17, 15) is 0 Å². The third-order valence-corrected chi connectivity index (χ3v) is 3.32. The van der Waals surface area contributed by atoms with Gasteiger partial charge in [-0.05, 0) is 18.3 Å². The van der Waals surface area contributed by atoms with Crippen LogP contribution in [-0.4, -0.2) is 9.97 Å². The van der Waals surface area contributed by atoms with Crippen molar-refractivity contribution in [2.75, 3.05) is 0 Å². The minimum absolute atomic E-state index is 0.129. The smallest absolute Gasteiger partial charge is 0.131 e. The van der Waals surface area contributed by atoms with Crippen LogP contribution in [0.1, 0.15) is 90.0 Å². The molecule has 0 unspecified atom stereocenters. The molecule has 19 heavy (non-hydrogen) atoms. The van der Waals surface area contributed by atoms with Gasteiger partial charge in [0.2, 0.25) is 0 Å². The molecule has 1 rings (SSSR count). The van der Waals surface area contributed by atoms with Gasteiger partial charge in [-0.25, -0.2) is 9.97 Å². The van der Waals surface area contributed by atoms with Gasteiger partial charge in [0.15, 0.2) is 0 Å². The number of hydrogen-bond acceptors (Lipinski definition) is 2. The summed E-state index contributed by atoms with van der Waals surface area (Å²) in [5, 5.41) is 0. The first kappa shape index (κ1) is 16.1. The molecule has 0 N–H and O–H groups in total. The summed E-state index contributed by atoms with van der Waals surface area (Å²) < 4.78 is 0. The van der Waals surface area contributed by atoms with Crippen molar-refractivity contribution in [1.29, 1.82) is 0 Å². The van der Waals surface area contributed by atoms with E-state index in [1.807, 2.05) is 0 Å². The largest absolute Gasteiger partial charge is 0.237 e. The van der Waals surface area contributed by atoms with Crippen molar-refractivity contribution in [3.05, 3.63) is 22.8 Å². The van der Waals surface area contributed by atoms with Crippen LogP contribution in [0.5, 0.6) is 0 Å². The molecule has 0 aliphatic heterocycles. The second-order valence-corrected chi connectivity index (χ2v) is 6.75. The standard InChI is InChI=1S/C17H30N2/c1-8-10-13-15(17(5,6)7)14(11-9-2)19-16(18-13)12(3)4/h12H,8-11H2,1-7H3. The normalized spacial score (nSPS) is 12.2. The fourth-order valence-electron chi connectivity index (χ4n) is 2.54. The number of aryl methyl sites for hydroxylation is 2. The van der Waals surface area contributed by atoms with Gasteiger partial charge in [0.1, 0.15) is 5.82 Å². The van der Waals surface area contributed by atoms with Crippen molar-refractivity contribution < 1.29 is 0 Å². The van der Waals surface area contributed by atoms with Gasteiger partial charge < -0.3 is 0 Å². The molecular weight excluding hydrogens is 232 g/mol. The second-order valence-electron chi connectivity index (χ2n) is 6.75. The van der Waals surface area contributed by atoms with E-state index in [0.29, 0.717) is 5.92 Å². The highest BCUT2D eigenvalue weighted by Gasteiger charge is 2.24. The van der Waals surface area contributed by atoms with Crippen LogP contribution < -0.4 is 0 Å². The van der Waals surface area contributed by atoms with Crippen LogP contribution in [0.4, 0.5) is 0 Å². The fourth-order valence-corrected chi connectivity index (χ4v) is 2.54. The molecular formula is C17H30N2. The Labute approximate surface area is 119 Å². The molecule has 1 heterocycles. The van der Waals surface area contributed by atoms with E-state index in [-0.39, 0.29) is 5.41 Å². The first-order chi connectivity index (χ1) is 8.81. The van der Waals surface area contributed by atoms with Crippen molar-refractivity contribution in [2.45, 2.75) is 85.5 Å². The molecule has 0 atom stereocenters. The fraction of sp³-hybridized carbons (Fsp3) is 0.765. The summed E-state index contributed by atoms with van der Waals surface area (Å²) in [6.07, 6.45) is 4.41. The van der Waals surface area contributed by atoms with Gasteiger partial charge in [-0.3, -0.25) is 0 Å². The van der Waals surface area contributed by atoms with Crippen LogP contribution in [0, 0.1) is 0 Å². The summed E-state index contributed by atoms with van der Waals surface area (Å²) in [6.45, 7) is 15.6. The Morgan fingerprint density at radius 3 is 1.58 bits per heavy atom. The second kappa shape index (κ2) is 6.49. The Morgan fingerprint density at radius 1 is 0.895 bits per heavy atom. The summed E-state index contributed by atoms with van der Waals surface area (Å²) in [5.74, 6) is 1.42. The van der Waals surface area contributed by atoms with Gasteiger partial charge in [-0.15, -0.1) is 0 Å². The number of rotatable bonds is 5. The van der Waals surface area contributed by atoms with Gasteiger partial charge >= 0.3 is 0 Å². The minimum atomic E-state index is 0.129. The minimum Gasteiger partial charge on any atom is -0.237 e. The van der Waals surface area contributed by atoms with Crippen LogP contribution in [-0.2, 0) is 18.3 Å². The van der Waals surface area contributed by atoms with Crippen molar-refractivity contribution in [1.82, 2.24) is 9.97 Å². The van der Waals surface area contributed by atoms with Crippen LogP contribution in [0.3, 0.4) is 0 Å². The third-order valence-electron chi connectivity index (χ3n) is 3.32. The summed E-state index contributed by atoms with van der Waals surface area (Å²) in [4.78, 5) is 9.72. The Hall–Kier alpha value is -0.920. The van der Waals surface area contributed by atoms with Gasteiger partial charge in [-0.1, -0.05) is 61.3 Å². The predicted molar refractivity (Wildman–Crippen MR) is 82.8 cm³/mol. The summed E-state index contributed by atoms with van der Waals surface area (Å²) in [6, 6.07) is 0. The average Bonchev–Trinajstić information content (AvgIpc) is 2.27. The average molecular weight is 262 g/mol. The van der Waals surface area contributed by atoms with Crippen LogP contribution in [0.2, 0.25) is 0 Å². The molecule has 0 aliphatic carbocycles. The maximum Gasteiger partial charge on any atom is 0.131 e. The molecule has 0 amide bonds. The SMILES string of the molecule is CCCc1nc(C(C)C)nc(CCC)c1C(C)(C)C. The molecule has 0 fully saturated rings. The topological polar surface area (TPSA) is 25.8 Å². The van der Waals surface area contributed by atoms with Gasteiger partial charge in [0.25, 0.3) is 0 Å². The Balaban J connectivity index is 3.46. The molecule has 0 bridgehead atoms. The summed E-state index contributed by atoms with van der Waals surface area (Å²) in [5.41, 5.74) is 4.07. The maximum absolute atomic E-state index is 4.86. The lowest BCUT2D eigenvalue weighted by Gasteiger charge is -2.26. The molecule has 1 aromatic heterocycles. The zero-order valence-electron chi connectivity index (χ0n) is 13.8. The first-order valence-corrected chi connectivity index (χ1v) is 7.71. The summed E-state index contributed by atoms with van der Waals surface area (Å²) in [7, 11) is 0. The Bertz CT molecular complexity index is 387. The highest BCUT2D eigenvalue weighted by molar-refractivity contribution is 5.33. The summed E-state index contributed by atoms with van der Waals surface area (Å²) >= 11 is 0. The van der Waals surface area contributed by atoms with Crippen LogP contribution >= 0.6 is 0 Å². The van der Waals surface area contributed by atoms with E-state index >= 15 is 0 Å². The lowest BCUT2D eigenvalue weighted by molar-refractivity contribution is 0.553. The van der Waals surface area contributed by atoms with E-state index in [1.54, 1.807) is 0 Å². The van der Waals surface area contributed by atoms with Gasteiger partial charge in [0.05, 0.1) is 0 Å². The van der Waals surface area contributed by atoms with E-state index in [1.165, 1.54) is 17.0 Å². The Kier molecular flexibility index (Phi) is 5.51. The van der Waals surface area contributed by atoms with E-state index in [2.05, 4.69) is 48.5 Å². The predicted octanol–water partition coefficient (Wildman–Crippen LogP) is 4.80. The lowest BCUT2D eigenvalue weighted by atomic mass is 9.82. The number of hydrogen-bond donors (Lipinski definition) is 0. The molecule has 0 aliphatic rings. The third kappa shape index (κ3) is 4.02. The van der Waals surface area contributed by atoms with E-state index < -0.39 is 0 Å². The van der Waals surface area contributed by atoms with Crippen molar-refractivity contribution >= 4 is 0 Å². The molecule has 108 valence electrons. The monoisotopic (exact) mass is 262 g/mol. The van der Waals surface area contributed by atoms with Crippen molar-refractivity contribution in [3.8, 4) is 0 Å². The molecule has 0 radical (unpaired) electrons. The van der Waals surface area contributed by atoms with Crippen LogP contribution in [0.25, 0.3) is 0 Å². The molecule has 0 spiro atoms. The van der Waals surface area contributed by atoms with Crippen molar-refractivity contribution in [3.63, 3.8) is 0 Å². The van der Waals surface area contributed by atoms with Gasteiger partial charge in [-0.2, -0.15) is 0 Å². The molecule has 2 nitrogen and oxygen atoms in total. The molecule has 2 heteroatoms. The molecule has 0 saturated heterocycles. The lowest BCUT2D eigenvalue weighted by Crippen LogP contribution is -2.21. The van der Waals surface area contributed by atoms with Gasteiger partial charge in [0, 0.05) is 22.9 Å². The number of nitrogens with zero attached hydrogens (tertiary/aromatic N) is 2. The zero-order chi connectivity index (χ0) is 14.6. The molecule has 0 aromatic carbocycles. The number of aromatic nitrogens is 2. The van der Waals surface area contributed by atoms with Crippen molar-refractivity contribution in [2.24, 2.45) is 0 Å². The zero-order valence-corrected chi connectivity index (χ0v) is 13.8. The first-order valence-electron chi connectivity index (χ1n) is 7.71. The highest BCUT2D eigenvalue weighted by atomic mass is 14.9. The quantitative estimate of drug-likeness (QED) is 0.761. The van der Waals surface area contributed by atoms with E-state index in [0.717, 1.165) is 31.5 Å². The Morgan fingerprint density at radius 2 is 1.32 bits per heavy atom. The van der Waals surface area contributed by atoms with Crippen LogP contribution in [0.15, 0.2) is 0 Å². The maximum atomic E-state index is 4.86. The molecule has 1 aromatic rings.